The van der Waals surface area contributed by atoms with E-state index < -0.39 is 17.5 Å². The van der Waals surface area contributed by atoms with Gasteiger partial charge in [-0.3, -0.25) is 0 Å². The first-order chi connectivity index (χ1) is 14.5. The second kappa shape index (κ2) is 7.73. The summed E-state index contributed by atoms with van der Waals surface area (Å²) in [4.78, 5) is 0. The standard InChI is InChI=1S/C27H31F3/c1-3-16-12-13-20-22-14-21(26(29)27(30)24(22)23(20)25(16)28)19-10-8-18(9-11-19)17-6-4-15(2)5-7-17/h12-15,17-19H,3-11H2,1-2H3. The summed E-state index contributed by atoms with van der Waals surface area (Å²) in [6.07, 6.45) is 9.99. The van der Waals surface area contributed by atoms with Gasteiger partial charge in [0.25, 0.3) is 0 Å². The molecule has 0 radical (unpaired) electrons. The topological polar surface area (TPSA) is 0 Å². The summed E-state index contributed by atoms with van der Waals surface area (Å²) in [5.41, 5.74) is 2.88. The monoisotopic (exact) mass is 412 g/mol. The van der Waals surface area contributed by atoms with Crippen LogP contribution in [0.5, 0.6) is 0 Å². The lowest BCUT2D eigenvalue weighted by molar-refractivity contribution is 0.164. The van der Waals surface area contributed by atoms with Gasteiger partial charge in [-0.05, 0) is 96.9 Å². The minimum atomic E-state index is -0.856. The molecule has 0 saturated heterocycles. The fourth-order valence-corrected chi connectivity index (χ4v) is 6.36. The second-order valence-electron chi connectivity index (χ2n) is 9.96. The van der Waals surface area contributed by atoms with Crippen LogP contribution in [0.4, 0.5) is 13.2 Å². The largest absolute Gasteiger partial charge is 0.206 e. The number of hydrogen-bond acceptors (Lipinski definition) is 0. The average Bonchev–Trinajstić information content (AvgIpc) is 2.75. The molecule has 0 unspecified atom stereocenters. The summed E-state index contributed by atoms with van der Waals surface area (Å²) < 4.78 is 44.8. The Labute approximate surface area is 177 Å². The molecule has 0 N–H and O–H groups in total. The fraction of sp³-hybridized carbons (Fsp3) is 0.556. The van der Waals surface area contributed by atoms with E-state index >= 15 is 8.78 Å². The minimum absolute atomic E-state index is 0.0763. The Kier molecular flexibility index (Phi) is 5.19. The van der Waals surface area contributed by atoms with Gasteiger partial charge in [-0.2, -0.15) is 0 Å². The highest BCUT2D eigenvalue weighted by Crippen LogP contribution is 2.53. The van der Waals surface area contributed by atoms with Crippen LogP contribution >= 0.6 is 0 Å². The molecule has 160 valence electrons. The van der Waals surface area contributed by atoms with Crippen LogP contribution in [-0.2, 0) is 6.42 Å². The summed E-state index contributed by atoms with van der Waals surface area (Å²) >= 11 is 0. The van der Waals surface area contributed by atoms with Crippen molar-refractivity contribution in [2.24, 2.45) is 17.8 Å². The normalized spacial score (nSPS) is 27.9. The van der Waals surface area contributed by atoms with E-state index in [0.29, 0.717) is 23.1 Å². The first-order valence-electron chi connectivity index (χ1n) is 11.8. The molecule has 30 heavy (non-hydrogen) atoms. The summed E-state index contributed by atoms with van der Waals surface area (Å²) in [5, 5.41) is 0. The summed E-state index contributed by atoms with van der Waals surface area (Å²) in [6, 6.07) is 5.45. The Balaban J connectivity index is 1.37. The maximum atomic E-state index is 15.1. The SMILES string of the molecule is CCc1ccc2c(c1F)-c1c-2cc(C2CCC(C3CCC(C)CC3)CC2)c(F)c1F. The van der Waals surface area contributed by atoms with Crippen molar-refractivity contribution in [2.75, 3.05) is 0 Å². The molecule has 3 heteroatoms. The van der Waals surface area contributed by atoms with Gasteiger partial charge in [0.05, 0.1) is 0 Å². The Bertz CT molecular complexity index is 961. The van der Waals surface area contributed by atoms with Gasteiger partial charge in [0.1, 0.15) is 5.82 Å². The van der Waals surface area contributed by atoms with Crippen LogP contribution in [0.2, 0.25) is 0 Å². The fourth-order valence-electron chi connectivity index (χ4n) is 6.36. The summed E-state index contributed by atoms with van der Waals surface area (Å²) in [5.74, 6) is 0.501. The first-order valence-corrected chi connectivity index (χ1v) is 11.8. The molecule has 2 aromatic rings. The van der Waals surface area contributed by atoms with Crippen LogP contribution in [0.15, 0.2) is 18.2 Å². The molecule has 2 fully saturated rings. The molecule has 0 aliphatic heterocycles. The van der Waals surface area contributed by atoms with Crippen molar-refractivity contribution < 1.29 is 13.2 Å². The van der Waals surface area contributed by atoms with Crippen LogP contribution < -0.4 is 0 Å². The van der Waals surface area contributed by atoms with E-state index in [2.05, 4.69) is 6.92 Å². The minimum Gasteiger partial charge on any atom is -0.206 e. The van der Waals surface area contributed by atoms with Gasteiger partial charge in [0, 0.05) is 11.1 Å². The van der Waals surface area contributed by atoms with E-state index in [0.717, 1.165) is 49.0 Å². The van der Waals surface area contributed by atoms with Crippen LogP contribution in [0.1, 0.15) is 82.3 Å². The number of benzene rings is 2. The van der Waals surface area contributed by atoms with Crippen molar-refractivity contribution in [3.8, 4) is 22.3 Å². The maximum absolute atomic E-state index is 15.1. The Hall–Kier alpha value is -1.77. The number of rotatable bonds is 3. The predicted molar refractivity (Wildman–Crippen MR) is 116 cm³/mol. The highest BCUT2D eigenvalue weighted by Gasteiger charge is 2.36. The van der Waals surface area contributed by atoms with E-state index in [1.54, 1.807) is 6.07 Å². The van der Waals surface area contributed by atoms with Crippen LogP contribution in [0.25, 0.3) is 22.3 Å². The molecule has 3 aliphatic carbocycles. The van der Waals surface area contributed by atoms with Gasteiger partial charge in [-0.1, -0.05) is 38.8 Å². The van der Waals surface area contributed by atoms with E-state index in [1.807, 2.05) is 19.1 Å². The molecule has 5 rings (SSSR count). The van der Waals surface area contributed by atoms with Gasteiger partial charge in [-0.25, -0.2) is 13.2 Å². The molecule has 0 atom stereocenters. The van der Waals surface area contributed by atoms with Crippen molar-refractivity contribution in [1.29, 1.82) is 0 Å². The van der Waals surface area contributed by atoms with Gasteiger partial charge < -0.3 is 0 Å². The van der Waals surface area contributed by atoms with Crippen molar-refractivity contribution >= 4 is 0 Å². The zero-order valence-electron chi connectivity index (χ0n) is 18.0. The number of hydrogen-bond donors (Lipinski definition) is 0. The van der Waals surface area contributed by atoms with Crippen LogP contribution in [0, 0.1) is 35.2 Å². The molecule has 2 aromatic carbocycles. The zero-order valence-corrected chi connectivity index (χ0v) is 18.0. The van der Waals surface area contributed by atoms with Gasteiger partial charge in [0.15, 0.2) is 11.6 Å². The van der Waals surface area contributed by atoms with Gasteiger partial charge >= 0.3 is 0 Å². The Morgan fingerprint density at radius 2 is 1.33 bits per heavy atom. The molecule has 0 bridgehead atoms. The molecule has 0 amide bonds. The Morgan fingerprint density at radius 3 is 1.97 bits per heavy atom. The summed E-state index contributed by atoms with van der Waals surface area (Å²) in [6.45, 7) is 4.22. The van der Waals surface area contributed by atoms with E-state index in [9.17, 15) is 4.39 Å². The smallest absolute Gasteiger partial charge is 0.167 e. The van der Waals surface area contributed by atoms with E-state index in [-0.39, 0.29) is 17.0 Å². The lowest BCUT2D eigenvalue weighted by Crippen LogP contribution is -2.25. The van der Waals surface area contributed by atoms with Crippen molar-refractivity contribution in [3.05, 3.63) is 46.8 Å². The molecule has 0 heterocycles. The number of halogens is 3. The van der Waals surface area contributed by atoms with Crippen molar-refractivity contribution in [2.45, 2.75) is 77.6 Å². The second-order valence-corrected chi connectivity index (χ2v) is 9.96. The molecule has 0 aromatic heterocycles. The van der Waals surface area contributed by atoms with Gasteiger partial charge in [0.2, 0.25) is 0 Å². The van der Waals surface area contributed by atoms with Crippen molar-refractivity contribution in [3.63, 3.8) is 0 Å². The quantitative estimate of drug-likeness (QED) is 0.405. The number of aryl methyl sites for hydroxylation is 1. The highest BCUT2D eigenvalue weighted by molar-refractivity contribution is 6.03. The van der Waals surface area contributed by atoms with Crippen LogP contribution in [-0.4, -0.2) is 0 Å². The first kappa shape index (κ1) is 20.2. The lowest BCUT2D eigenvalue weighted by Gasteiger charge is -2.38. The third kappa shape index (κ3) is 3.11. The zero-order chi connectivity index (χ0) is 21.0. The Morgan fingerprint density at radius 1 is 0.733 bits per heavy atom. The summed E-state index contributed by atoms with van der Waals surface area (Å²) in [7, 11) is 0. The molecule has 0 spiro atoms. The van der Waals surface area contributed by atoms with Crippen LogP contribution in [0.3, 0.4) is 0 Å². The van der Waals surface area contributed by atoms with Gasteiger partial charge in [-0.15, -0.1) is 0 Å². The molecule has 0 nitrogen and oxygen atoms in total. The molecular formula is C27H31F3. The van der Waals surface area contributed by atoms with Crippen molar-refractivity contribution in [1.82, 2.24) is 0 Å². The average molecular weight is 413 g/mol. The maximum Gasteiger partial charge on any atom is 0.167 e. The third-order valence-corrected chi connectivity index (χ3v) is 8.32. The predicted octanol–water partition coefficient (Wildman–Crippen LogP) is 8.41. The van der Waals surface area contributed by atoms with E-state index in [1.165, 1.54) is 25.7 Å². The lowest BCUT2D eigenvalue weighted by atomic mass is 9.68. The third-order valence-electron chi connectivity index (χ3n) is 8.32. The number of fused-ring (bicyclic) bond motifs is 4. The highest BCUT2D eigenvalue weighted by atomic mass is 19.2. The molecule has 3 aliphatic rings. The molecular weight excluding hydrogens is 381 g/mol. The molecule has 2 saturated carbocycles. The van der Waals surface area contributed by atoms with E-state index in [4.69, 9.17) is 0 Å².